The van der Waals surface area contributed by atoms with Crippen LogP contribution in [-0.4, -0.2) is 25.6 Å². The summed E-state index contributed by atoms with van der Waals surface area (Å²) in [5, 5.41) is 10.5. The molecule has 0 aliphatic heterocycles. The highest BCUT2D eigenvalue weighted by molar-refractivity contribution is 6.74. The first-order chi connectivity index (χ1) is 12.3. The highest BCUT2D eigenvalue weighted by atomic mass is 28.4. The fourth-order valence-corrected chi connectivity index (χ4v) is 7.15. The third-order valence-electron chi connectivity index (χ3n) is 8.76. The van der Waals surface area contributed by atoms with Gasteiger partial charge in [-0.05, 0) is 85.7 Å². The lowest BCUT2D eigenvalue weighted by Gasteiger charge is -2.50. The first-order valence-electron chi connectivity index (χ1n) is 11.7. The summed E-state index contributed by atoms with van der Waals surface area (Å²) < 4.78 is 6.98. The Morgan fingerprint density at radius 1 is 1.07 bits per heavy atom. The van der Waals surface area contributed by atoms with Gasteiger partial charge in [0.1, 0.15) is 0 Å². The Morgan fingerprint density at radius 2 is 1.70 bits per heavy atom. The van der Waals surface area contributed by atoms with E-state index in [-0.39, 0.29) is 6.10 Å². The number of hydrogen-bond donors (Lipinski definition) is 1. The minimum absolute atomic E-state index is 0.140. The minimum atomic E-state index is -1.71. The summed E-state index contributed by atoms with van der Waals surface area (Å²) in [5.41, 5.74) is 0.438. The highest BCUT2D eigenvalue weighted by Crippen LogP contribution is 2.59. The fraction of sp³-hybridized carbons (Fsp3) is 1.00. The average Bonchev–Trinajstić information content (AvgIpc) is 2.89. The van der Waals surface area contributed by atoms with Crippen LogP contribution in [0.2, 0.25) is 18.1 Å². The molecule has 0 radical (unpaired) electrons. The van der Waals surface area contributed by atoms with E-state index in [1.54, 1.807) is 0 Å². The standard InChI is InChI=1S/C24H48O2Si/c1-17(2)21(25)15-12-18(3)19-13-14-20-22(11-10-16-24(19,20)7)26-27(8,9)23(4,5)6/h17-22,25H,10-16H2,1-9H3/t18-,19?,20+,21-,22+,24-/m1/s1. The van der Waals surface area contributed by atoms with E-state index in [0.717, 1.165) is 18.3 Å². The van der Waals surface area contributed by atoms with Crippen LogP contribution in [0.4, 0.5) is 0 Å². The van der Waals surface area contributed by atoms with E-state index in [1.807, 2.05) is 0 Å². The van der Waals surface area contributed by atoms with Crippen LogP contribution in [0.5, 0.6) is 0 Å². The quantitative estimate of drug-likeness (QED) is 0.468. The Bertz CT molecular complexity index is 481. The van der Waals surface area contributed by atoms with Gasteiger partial charge in [-0.2, -0.15) is 0 Å². The number of hydrogen-bond acceptors (Lipinski definition) is 2. The first-order valence-corrected chi connectivity index (χ1v) is 14.6. The zero-order valence-corrected chi connectivity index (χ0v) is 20.8. The molecule has 2 fully saturated rings. The SMILES string of the molecule is CC(C)[C@H](O)CC[C@@H](C)C1CC[C@H]2[C@@H](O[Si](C)(C)C(C)(C)C)CCC[C@]12C. The van der Waals surface area contributed by atoms with Gasteiger partial charge in [-0.3, -0.25) is 0 Å². The molecule has 27 heavy (non-hydrogen) atoms. The summed E-state index contributed by atoms with van der Waals surface area (Å²) >= 11 is 0. The molecule has 0 spiro atoms. The van der Waals surface area contributed by atoms with Crippen molar-refractivity contribution in [1.82, 2.24) is 0 Å². The van der Waals surface area contributed by atoms with Crippen molar-refractivity contribution in [2.75, 3.05) is 0 Å². The summed E-state index contributed by atoms with van der Waals surface area (Å²) in [6.45, 7) is 21.2. The molecule has 1 unspecified atom stereocenters. The van der Waals surface area contributed by atoms with Crippen molar-refractivity contribution in [3.05, 3.63) is 0 Å². The molecule has 2 rings (SSSR count). The van der Waals surface area contributed by atoms with Crippen molar-refractivity contribution in [1.29, 1.82) is 0 Å². The van der Waals surface area contributed by atoms with Crippen molar-refractivity contribution in [2.24, 2.45) is 29.1 Å². The van der Waals surface area contributed by atoms with Crippen molar-refractivity contribution in [3.63, 3.8) is 0 Å². The molecule has 2 nitrogen and oxygen atoms in total. The molecule has 0 amide bonds. The van der Waals surface area contributed by atoms with Gasteiger partial charge in [0.05, 0.1) is 6.10 Å². The van der Waals surface area contributed by atoms with E-state index in [1.165, 1.54) is 38.5 Å². The lowest BCUT2D eigenvalue weighted by Crippen LogP contribution is -2.50. The maximum absolute atomic E-state index is 10.2. The molecule has 0 heterocycles. The summed E-state index contributed by atoms with van der Waals surface area (Å²) in [4.78, 5) is 0. The third-order valence-corrected chi connectivity index (χ3v) is 13.3. The normalized spacial score (nSPS) is 34.6. The Hall–Kier alpha value is 0.137. The molecule has 2 saturated carbocycles. The van der Waals surface area contributed by atoms with Crippen molar-refractivity contribution >= 4 is 8.32 Å². The molecule has 0 saturated heterocycles. The molecular weight excluding hydrogens is 348 g/mol. The zero-order valence-electron chi connectivity index (χ0n) is 19.8. The lowest BCUT2D eigenvalue weighted by atomic mass is 9.61. The maximum Gasteiger partial charge on any atom is 0.192 e. The van der Waals surface area contributed by atoms with Gasteiger partial charge in [0.15, 0.2) is 8.32 Å². The highest BCUT2D eigenvalue weighted by Gasteiger charge is 2.54. The van der Waals surface area contributed by atoms with Gasteiger partial charge in [0.25, 0.3) is 0 Å². The number of aliphatic hydroxyl groups is 1. The Morgan fingerprint density at radius 3 is 2.26 bits per heavy atom. The molecule has 160 valence electrons. The maximum atomic E-state index is 10.2. The van der Waals surface area contributed by atoms with Gasteiger partial charge in [-0.25, -0.2) is 0 Å². The topological polar surface area (TPSA) is 29.5 Å². The van der Waals surface area contributed by atoms with Crippen LogP contribution in [0.1, 0.15) is 93.4 Å². The summed E-state index contributed by atoms with van der Waals surface area (Å²) in [6, 6.07) is 0. The molecule has 0 aromatic heterocycles. The monoisotopic (exact) mass is 396 g/mol. The summed E-state index contributed by atoms with van der Waals surface area (Å²) in [5.74, 6) is 2.62. The summed E-state index contributed by atoms with van der Waals surface area (Å²) in [6.07, 6.45) is 9.12. The number of rotatable bonds is 7. The Kier molecular flexibility index (Phi) is 7.35. The van der Waals surface area contributed by atoms with E-state index in [9.17, 15) is 5.11 Å². The average molecular weight is 397 g/mol. The molecule has 1 N–H and O–H groups in total. The summed E-state index contributed by atoms with van der Waals surface area (Å²) in [7, 11) is -1.71. The second kappa shape index (κ2) is 8.48. The molecule has 0 aromatic rings. The number of fused-ring (bicyclic) bond motifs is 1. The van der Waals surface area contributed by atoms with Crippen molar-refractivity contribution in [3.8, 4) is 0 Å². The van der Waals surface area contributed by atoms with Crippen LogP contribution in [0.25, 0.3) is 0 Å². The second-order valence-electron chi connectivity index (χ2n) is 12.0. The van der Waals surface area contributed by atoms with Crippen molar-refractivity contribution < 1.29 is 9.53 Å². The minimum Gasteiger partial charge on any atom is -0.414 e. The predicted molar refractivity (Wildman–Crippen MR) is 119 cm³/mol. The van der Waals surface area contributed by atoms with Gasteiger partial charge in [-0.15, -0.1) is 0 Å². The molecule has 6 atom stereocenters. The van der Waals surface area contributed by atoms with Crippen LogP contribution in [0.15, 0.2) is 0 Å². The van der Waals surface area contributed by atoms with Crippen LogP contribution in [0, 0.1) is 29.1 Å². The lowest BCUT2D eigenvalue weighted by molar-refractivity contribution is -0.0227. The molecule has 0 aromatic carbocycles. The van der Waals surface area contributed by atoms with Crippen LogP contribution in [-0.2, 0) is 4.43 Å². The zero-order chi connectivity index (χ0) is 20.6. The van der Waals surface area contributed by atoms with Gasteiger partial charge < -0.3 is 9.53 Å². The van der Waals surface area contributed by atoms with E-state index in [0.29, 0.717) is 28.4 Å². The smallest absolute Gasteiger partial charge is 0.192 e. The third kappa shape index (κ3) is 5.01. The second-order valence-corrected chi connectivity index (χ2v) is 16.7. The van der Waals surface area contributed by atoms with Gasteiger partial charge in [-0.1, -0.05) is 54.9 Å². The molecule has 2 aliphatic carbocycles. The van der Waals surface area contributed by atoms with Crippen LogP contribution in [0.3, 0.4) is 0 Å². The predicted octanol–water partition coefficient (Wildman–Crippen LogP) is 7.03. The molecule has 3 heteroatoms. The largest absolute Gasteiger partial charge is 0.414 e. The van der Waals surface area contributed by atoms with Crippen molar-refractivity contribution in [2.45, 2.75) is 124 Å². The first kappa shape index (κ1) is 23.4. The van der Waals surface area contributed by atoms with Gasteiger partial charge in [0.2, 0.25) is 0 Å². The van der Waals surface area contributed by atoms with E-state index in [4.69, 9.17) is 4.43 Å². The van der Waals surface area contributed by atoms with Gasteiger partial charge >= 0.3 is 0 Å². The van der Waals surface area contributed by atoms with Gasteiger partial charge in [0, 0.05) is 6.10 Å². The molecule has 2 aliphatic rings. The van der Waals surface area contributed by atoms with Crippen LogP contribution < -0.4 is 0 Å². The van der Waals surface area contributed by atoms with Crippen LogP contribution >= 0.6 is 0 Å². The number of aliphatic hydroxyl groups excluding tert-OH is 1. The van der Waals surface area contributed by atoms with E-state index >= 15 is 0 Å². The fourth-order valence-electron chi connectivity index (χ4n) is 5.76. The van der Waals surface area contributed by atoms with E-state index in [2.05, 4.69) is 61.6 Å². The van der Waals surface area contributed by atoms with E-state index < -0.39 is 8.32 Å². The molecular formula is C24H48O2Si. The Balaban J connectivity index is 2.06. The Labute approximate surface area is 171 Å². The molecule has 0 bridgehead atoms.